The fourth-order valence-corrected chi connectivity index (χ4v) is 5.28. The molecule has 1 aromatic heterocycles. The summed E-state index contributed by atoms with van der Waals surface area (Å²) in [7, 11) is 0. The van der Waals surface area contributed by atoms with Crippen LogP contribution in [0.25, 0.3) is 0 Å². The Morgan fingerprint density at radius 3 is 1.44 bits per heavy atom. The van der Waals surface area contributed by atoms with Crippen molar-refractivity contribution in [3.05, 3.63) is 89.2 Å². The summed E-state index contributed by atoms with van der Waals surface area (Å²) in [4.78, 5) is 36.3. The molecule has 4 aliphatic rings. The monoisotopic (exact) mass is 353 g/mol. The maximum Gasteiger partial charge on any atom is 0.241 e. The highest BCUT2D eigenvalue weighted by molar-refractivity contribution is 6.22. The lowest BCUT2D eigenvalue weighted by molar-refractivity contribution is -0.122. The van der Waals surface area contributed by atoms with E-state index in [1.54, 1.807) is 18.5 Å². The normalized spacial score (nSPS) is 27.3. The fraction of sp³-hybridized carbons (Fsp3) is 0.182. The van der Waals surface area contributed by atoms with Gasteiger partial charge in [0.2, 0.25) is 17.8 Å². The van der Waals surface area contributed by atoms with Gasteiger partial charge < -0.3 is 0 Å². The molecular formula is C22H15N3O2. The van der Waals surface area contributed by atoms with Gasteiger partial charge in [-0.1, -0.05) is 48.5 Å². The van der Waals surface area contributed by atoms with E-state index in [9.17, 15) is 9.59 Å². The molecule has 2 heterocycles. The second-order valence-electron chi connectivity index (χ2n) is 7.33. The fourth-order valence-electron chi connectivity index (χ4n) is 5.28. The van der Waals surface area contributed by atoms with Crippen LogP contribution in [0.4, 0.5) is 5.95 Å². The number of carbonyl (C=O) groups excluding carboxylic acids is 2. The summed E-state index contributed by atoms with van der Waals surface area (Å²) in [6, 6.07) is 18.1. The molecule has 5 heteroatoms. The molecule has 2 unspecified atom stereocenters. The second kappa shape index (κ2) is 5.10. The molecule has 0 N–H and O–H groups in total. The van der Waals surface area contributed by atoms with Crippen molar-refractivity contribution in [1.82, 2.24) is 9.97 Å². The first-order valence-corrected chi connectivity index (χ1v) is 9.10. The van der Waals surface area contributed by atoms with E-state index in [4.69, 9.17) is 0 Å². The van der Waals surface area contributed by atoms with Crippen molar-refractivity contribution in [3.8, 4) is 0 Å². The molecule has 0 radical (unpaired) electrons. The maximum atomic E-state index is 13.4. The summed E-state index contributed by atoms with van der Waals surface area (Å²) in [6.07, 6.45) is 3.12. The van der Waals surface area contributed by atoms with E-state index in [1.807, 2.05) is 24.3 Å². The van der Waals surface area contributed by atoms with Crippen LogP contribution in [0.1, 0.15) is 34.1 Å². The molecule has 1 saturated heterocycles. The largest absolute Gasteiger partial charge is 0.274 e. The average molecular weight is 353 g/mol. The highest BCUT2D eigenvalue weighted by Crippen LogP contribution is 2.61. The van der Waals surface area contributed by atoms with E-state index in [-0.39, 0.29) is 29.6 Å². The minimum atomic E-state index is -0.392. The van der Waals surface area contributed by atoms with Gasteiger partial charge in [0.25, 0.3) is 0 Å². The molecule has 3 aromatic rings. The highest BCUT2D eigenvalue weighted by Gasteiger charge is 2.62. The zero-order valence-corrected chi connectivity index (χ0v) is 14.3. The lowest BCUT2D eigenvalue weighted by Crippen LogP contribution is -2.41. The van der Waals surface area contributed by atoms with Crippen LogP contribution >= 0.6 is 0 Å². The number of aromatic nitrogens is 2. The molecule has 5 nitrogen and oxygen atoms in total. The molecule has 2 amide bonds. The molecule has 2 bridgehead atoms. The number of hydrogen-bond acceptors (Lipinski definition) is 4. The molecule has 3 aliphatic carbocycles. The van der Waals surface area contributed by atoms with Crippen LogP contribution in [0.5, 0.6) is 0 Å². The Kier molecular flexibility index (Phi) is 2.79. The van der Waals surface area contributed by atoms with Crippen LogP contribution in [0.15, 0.2) is 67.0 Å². The van der Waals surface area contributed by atoms with E-state index in [1.165, 1.54) is 27.2 Å². The lowest BCUT2D eigenvalue weighted by Gasteiger charge is -2.45. The molecule has 7 rings (SSSR count). The molecule has 27 heavy (non-hydrogen) atoms. The van der Waals surface area contributed by atoms with Crippen molar-refractivity contribution >= 4 is 17.8 Å². The van der Waals surface area contributed by atoms with Crippen LogP contribution in [0, 0.1) is 11.8 Å². The van der Waals surface area contributed by atoms with Gasteiger partial charge >= 0.3 is 0 Å². The summed E-state index contributed by atoms with van der Waals surface area (Å²) < 4.78 is 0. The number of imide groups is 1. The summed E-state index contributed by atoms with van der Waals surface area (Å²) in [5, 5.41) is 0. The zero-order valence-electron chi connectivity index (χ0n) is 14.3. The predicted molar refractivity (Wildman–Crippen MR) is 98.1 cm³/mol. The van der Waals surface area contributed by atoms with E-state index < -0.39 is 11.8 Å². The van der Waals surface area contributed by atoms with Crippen LogP contribution in [-0.4, -0.2) is 21.8 Å². The molecule has 1 fully saturated rings. The van der Waals surface area contributed by atoms with E-state index in [2.05, 4.69) is 34.2 Å². The quantitative estimate of drug-likeness (QED) is 0.631. The summed E-state index contributed by atoms with van der Waals surface area (Å²) in [6.45, 7) is 0. The lowest BCUT2D eigenvalue weighted by atomic mass is 9.55. The van der Waals surface area contributed by atoms with Crippen molar-refractivity contribution < 1.29 is 9.59 Å². The predicted octanol–water partition coefficient (Wildman–Crippen LogP) is 2.87. The first kappa shape index (κ1) is 14.8. The Morgan fingerprint density at radius 1 is 0.630 bits per heavy atom. The number of rotatable bonds is 1. The van der Waals surface area contributed by atoms with Crippen molar-refractivity contribution in [2.45, 2.75) is 11.8 Å². The molecule has 0 saturated carbocycles. The number of hydrogen-bond donors (Lipinski definition) is 0. The Morgan fingerprint density at radius 2 is 1.04 bits per heavy atom. The molecule has 1 aliphatic heterocycles. The SMILES string of the molecule is O=C1C2C3c4ccccc4C(c4ccccc43)C2C(=O)N1c1ncccn1. The molecule has 130 valence electrons. The summed E-state index contributed by atoms with van der Waals surface area (Å²) in [5.41, 5.74) is 4.66. The first-order chi connectivity index (χ1) is 13.3. The van der Waals surface area contributed by atoms with E-state index in [0.29, 0.717) is 0 Å². The van der Waals surface area contributed by atoms with Gasteiger partial charge in [-0.2, -0.15) is 0 Å². The van der Waals surface area contributed by atoms with Crippen LogP contribution in [0.3, 0.4) is 0 Å². The van der Waals surface area contributed by atoms with E-state index >= 15 is 0 Å². The van der Waals surface area contributed by atoms with Gasteiger partial charge in [0.1, 0.15) is 0 Å². The third-order valence-corrected chi connectivity index (χ3v) is 6.20. The van der Waals surface area contributed by atoms with E-state index in [0.717, 1.165) is 0 Å². The molecule has 2 aromatic carbocycles. The number of carbonyl (C=O) groups is 2. The maximum absolute atomic E-state index is 13.4. The van der Waals surface area contributed by atoms with Gasteiger partial charge in [0.05, 0.1) is 11.8 Å². The first-order valence-electron chi connectivity index (χ1n) is 9.10. The number of anilines is 1. The summed E-state index contributed by atoms with van der Waals surface area (Å²) >= 11 is 0. The molecular weight excluding hydrogens is 338 g/mol. The topological polar surface area (TPSA) is 63.2 Å². The Bertz CT molecular complexity index is 996. The van der Waals surface area contributed by atoms with Gasteiger partial charge in [0.15, 0.2) is 0 Å². The van der Waals surface area contributed by atoms with Crippen LogP contribution < -0.4 is 4.90 Å². The smallest absolute Gasteiger partial charge is 0.241 e. The van der Waals surface area contributed by atoms with Crippen molar-refractivity contribution in [3.63, 3.8) is 0 Å². The van der Waals surface area contributed by atoms with Crippen LogP contribution in [0.2, 0.25) is 0 Å². The number of amides is 2. The van der Waals surface area contributed by atoms with Crippen molar-refractivity contribution in [1.29, 1.82) is 0 Å². The minimum Gasteiger partial charge on any atom is -0.274 e. The highest BCUT2D eigenvalue weighted by atomic mass is 16.2. The van der Waals surface area contributed by atoms with Crippen molar-refractivity contribution in [2.24, 2.45) is 11.8 Å². The number of benzene rings is 2. The third-order valence-electron chi connectivity index (χ3n) is 6.20. The number of nitrogens with zero attached hydrogens (tertiary/aromatic N) is 3. The Labute approximate surface area is 155 Å². The van der Waals surface area contributed by atoms with Crippen LogP contribution in [-0.2, 0) is 9.59 Å². The Hall–Kier alpha value is -3.34. The second-order valence-corrected chi connectivity index (χ2v) is 7.33. The summed E-state index contributed by atoms with van der Waals surface area (Å²) in [5.74, 6) is -1.18. The molecule has 2 atom stereocenters. The van der Waals surface area contributed by atoms with Gasteiger partial charge in [-0.25, -0.2) is 14.9 Å². The van der Waals surface area contributed by atoms with Crippen molar-refractivity contribution in [2.75, 3.05) is 4.90 Å². The third kappa shape index (κ3) is 1.74. The van der Waals surface area contributed by atoms with Gasteiger partial charge in [-0.05, 0) is 28.3 Å². The zero-order chi connectivity index (χ0) is 18.1. The minimum absolute atomic E-state index is 0.0995. The standard InChI is InChI=1S/C22H15N3O2/c26-20-18-16-12-6-1-2-7-13(12)17(15-9-4-3-8-14(15)16)19(18)21(27)25(20)22-23-10-5-11-24-22/h1-11,16-19H. The van der Waals surface area contributed by atoms with Gasteiger partial charge in [-0.3, -0.25) is 9.59 Å². The average Bonchev–Trinajstić information content (AvgIpc) is 3.00. The Balaban J connectivity index is 1.60. The van der Waals surface area contributed by atoms with Gasteiger partial charge in [-0.15, -0.1) is 0 Å². The van der Waals surface area contributed by atoms with Gasteiger partial charge in [0, 0.05) is 24.2 Å². The molecule has 0 spiro atoms.